The maximum Gasteiger partial charge on any atom is 0.107 e. The number of nitrogens with zero attached hydrogens (tertiary/aromatic N) is 1. The number of aromatic nitrogens is 2. The van der Waals surface area contributed by atoms with Crippen molar-refractivity contribution in [2.75, 3.05) is 0 Å². The van der Waals surface area contributed by atoms with Gasteiger partial charge in [0.2, 0.25) is 0 Å². The summed E-state index contributed by atoms with van der Waals surface area (Å²) in [5.74, 6) is 0.695. The van der Waals surface area contributed by atoms with Crippen LogP contribution in [-0.4, -0.2) is 10.2 Å². The number of nitrogens with one attached hydrogen (secondary N) is 1. The van der Waals surface area contributed by atoms with Gasteiger partial charge < -0.3 is 0 Å². The fourth-order valence-electron chi connectivity index (χ4n) is 1.97. The van der Waals surface area contributed by atoms with Crippen LogP contribution in [0.15, 0.2) is 28.7 Å². The zero-order valence-electron chi connectivity index (χ0n) is 9.13. The van der Waals surface area contributed by atoms with E-state index in [1.165, 1.54) is 29.7 Å². The van der Waals surface area contributed by atoms with Crippen LogP contribution in [0.3, 0.4) is 0 Å². The summed E-state index contributed by atoms with van der Waals surface area (Å²) in [6.45, 7) is 2.10. The SMILES string of the molecule is Cc1cccc(-c2n[nH]c(C3CC3)c2Br)c1. The monoisotopic (exact) mass is 276 g/mol. The molecule has 0 unspecified atom stereocenters. The zero-order chi connectivity index (χ0) is 11.1. The van der Waals surface area contributed by atoms with Crippen molar-refractivity contribution in [1.29, 1.82) is 0 Å². The first-order valence-corrected chi connectivity index (χ1v) is 6.36. The molecule has 0 amide bonds. The molecule has 1 N–H and O–H groups in total. The first-order valence-electron chi connectivity index (χ1n) is 5.56. The molecule has 2 aromatic rings. The number of hydrogen-bond donors (Lipinski definition) is 1. The van der Waals surface area contributed by atoms with Gasteiger partial charge in [0.25, 0.3) is 0 Å². The number of hydrogen-bond acceptors (Lipinski definition) is 1. The van der Waals surface area contributed by atoms with E-state index >= 15 is 0 Å². The minimum Gasteiger partial charge on any atom is -0.280 e. The Morgan fingerprint density at radius 3 is 2.88 bits per heavy atom. The molecule has 0 atom stereocenters. The highest BCUT2D eigenvalue weighted by Crippen LogP contribution is 2.44. The lowest BCUT2D eigenvalue weighted by molar-refractivity contribution is 0.963. The Kier molecular flexibility index (Phi) is 2.36. The molecule has 1 heterocycles. The van der Waals surface area contributed by atoms with E-state index in [4.69, 9.17) is 0 Å². The first-order chi connectivity index (χ1) is 7.75. The van der Waals surface area contributed by atoms with Crippen LogP contribution in [0.25, 0.3) is 11.3 Å². The quantitative estimate of drug-likeness (QED) is 0.882. The third-order valence-electron chi connectivity index (χ3n) is 3.01. The van der Waals surface area contributed by atoms with Crippen LogP contribution in [0.5, 0.6) is 0 Å². The van der Waals surface area contributed by atoms with Gasteiger partial charge >= 0.3 is 0 Å². The Hall–Kier alpha value is -1.09. The molecular formula is C13H13BrN2. The zero-order valence-corrected chi connectivity index (χ0v) is 10.7. The molecule has 1 aromatic carbocycles. The Balaban J connectivity index is 2.06. The number of H-pyrrole nitrogens is 1. The average molecular weight is 277 g/mol. The molecule has 3 rings (SSSR count). The maximum atomic E-state index is 4.42. The van der Waals surface area contributed by atoms with Crippen molar-refractivity contribution in [3.8, 4) is 11.3 Å². The smallest absolute Gasteiger partial charge is 0.107 e. The summed E-state index contributed by atoms with van der Waals surface area (Å²) in [4.78, 5) is 0. The maximum absolute atomic E-state index is 4.42. The van der Waals surface area contributed by atoms with Crippen molar-refractivity contribution in [3.63, 3.8) is 0 Å². The van der Waals surface area contributed by atoms with Gasteiger partial charge in [0, 0.05) is 11.5 Å². The Bertz CT molecular complexity index is 526. The minimum absolute atomic E-state index is 0.695. The summed E-state index contributed by atoms with van der Waals surface area (Å²) in [5, 5.41) is 7.57. The predicted octanol–water partition coefficient (Wildman–Crippen LogP) is 4.03. The van der Waals surface area contributed by atoms with Gasteiger partial charge in [-0.2, -0.15) is 5.10 Å². The van der Waals surface area contributed by atoms with Crippen LogP contribution >= 0.6 is 15.9 Å². The summed E-state index contributed by atoms with van der Waals surface area (Å²) in [6.07, 6.45) is 2.57. The standard InChI is InChI=1S/C13H13BrN2/c1-8-3-2-4-10(7-8)13-11(14)12(15-16-13)9-5-6-9/h2-4,7,9H,5-6H2,1H3,(H,15,16). The summed E-state index contributed by atoms with van der Waals surface area (Å²) in [6, 6.07) is 8.44. The molecule has 0 saturated heterocycles. The normalized spacial score (nSPS) is 15.4. The van der Waals surface area contributed by atoms with Gasteiger partial charge in [-0.15, -0.1) is 0 Å². The van der Waals surface area contributed by atoms with Crippen molar-refractivity contribution in [2.24, 2.45) is 0 Å². The van der Waals surface area contributed by atoms with Crippen molar-refractivity contribution < 1.29 is 0 Å². The van der Waals surface area contributed by atoms with E-state index in [9.17, 15) is 0 Å². The van der Waals surface area contributed by atoms with Crippen molar-refractivity contribution in [2.45, 2.75) is 25.7 Å². The fourth-order valence-corrected chi connectivity index (χ4v) is 2.70. The largest absolute Gasteiger partial charge is 0.280 e. The van der Waals surface area contributed by atoms with Crippen molar-refractivity contribution >= 4 is 15.9 Å². The minimum atomic E-state index is 0.695. The van der Waals surface area contributed by atoms with Crippen LogP contribution in [0.2, 0.25) is 0 Å². The molecule has 82 valence electrons. The van der Waals surface area contributed by atoms with Gasteiger partial charge in [0.15, 0.2) is 0 Å². The van der Waals surface area contributed by atoms with Gasteiger partial charge in [0.1, 0.15) is 5.69 Å². The summed E-state index contributed by atoms with van der Waals surface area (Å²) >= 11 is 3.66. The highest BCUT2D eigenvalue weighted by molar-refractivity contribution is 9.10. The summed E-state index contributed by atoms with van der Waals surface area (Å²) < 4.78 is 1.14. The topological polar surface area (TPSA) is 28.7 Å². The molecule has 16 heavy (non-hydrogen) atoms. The van der Waals surface area contributed by atoms with E-state index in [1.54, 1.807) is 0 Å². The van der Waals surface area contributed by atoms with Gasteiger partial charge in [-0.3, -0.25) is 5.10 Å². The third-order valence-corrected chi connectivity index (χ3v) is 3.81. The van der Waals surface area contributed by atoms with Gasteiger partial charge in [0.05, 0.1) is 10.2 Å². The summed E-state index contributed by atoms with van der Waals surface area (Å²) in [5.41, 5.74) is 4.73. The molecule has 0 bridgehead atoms. The van der Waals surface area contributed by atoms with Crippen molar-refractivity contribution in [3.05, 3.63) is 40.0 Å². The van der Waals surface area contributed by atoms with Gasteiger partial charge in [-0.05, 0) is 41.8 Å². The molecule has 0 aliphatic heterocycles. The van der Waals surface area contributed by atoms with Gasteiger partial charge in [-0.1, -0.05) is 23.8 Å². The van der Waals surface area contributed by atoms with E-state index in [1.807, 2.05) is 0 Å². The molecule has 0 spiro atoms. The number of halogens is 1. The molecule has 1 saturated carbocycles. The molecule has 2 nitrogen and oxygen atoms in total. The second-order valence-corrected chi connectivity index (χ2v) is 5.24. The Morgan fingerprint density at radius 2 is 2.19 bits per heavy atom. The fraction of sp³-hybridized carbons (Fsp3) is 0.308. The average Bonchev–Trinajstić information content (AvgIpc) is 3.03. The molecule has 1 aliphatic carbocycles. The van der Waals surface area contributed by atoms with Crippen molar-refractivity contribution in [1.82, 2.24) is 10.2 Å². The van der Waals surface area contributed by atoms with E-state index in [0.29, 0.717) is 5.92 Å². The first kappa shape index (κ1) is 10.1. The number of benzene rings is 1. The van der Waals surface area contributed by atoms with E-state index in [-0.39, 0.29) is 0 Å². The lowest BCUT2D eigenvalue weighted by Gasteiger charge is -1.99. The lowest BCUT2D eigenvalue weighted by atomic mass is 10.1. The molecule has 1 fully saturated rings. The van der Waals surface area contributed by atoms with Crippen LogP contribution in [0.1, 0.15) is 30.0 Å². The number of rotatable bonds is 2. The van der Waals surface area contributed by atoms with E-state index in [2.05, 4.69) is 57.3 Å². The van der Waals surface area contributed by atoms with Crippen LogP contribution in [-0.2, 0) is 0 Å². The summed E-state index contributed by atoms with van der Waals surface area (Å²) in [7, 11) is 0. The molecular weight excluding hydrogens is 264 g/mol. The van der Waals surface area contributed by atoms with E-state index < -0.39 is 0 Å². The number of aryl methyl sites for hydroxylation is 1. The van der Waals surface area contributed by atoms with Gasteiger partial charge in [-0.25, -0.2) is 0 Å². The van der Waals surface area contributed by atoms with Crippen LogP contribution < -0.4 is 0 Å². The second kappa shape index (κ2) is 3.74. The molecule has 3 heteroatoms. The third kappa shape index (κ3) is 1.69. The highest BCUT2D eigenvalue weighted by atomic mass is 79.9. The van der Waals surface area contributed by atoms with E-state index in [0.717, 1.165) is 10.2 Å². The van der Waals surface area contributed by atoms with Crippen LogP contribution in [0, 0.1) is 6.92 Å². The van der Waals surface area contributed by atoms with Crippen LogP contribution in [0.4, 0.5) is 0 Å². The predicted molar refractivity (Wildman–Crippen MR) is 68.4 cm³/mol. The molecule has 1 aromatic heterocycles. The lowest BCUT2D eigenvalue weighted by Crippen LogP contribution is -1.80. The molecule has 0 radical (unpaired) electrons. The Labute approximate surface area is 103 Å². The Morgan fingerprint density at radius 1 is 1.38 bits per heavy atom. The number of aromatic amines is 1. The highest BCUT2D eigenvalue weighted by Gasteiger charge is 2.29. The second-order valence-electron chi connectivity index (χ2n) is 4.44. The molecule has 1 aliphatic rings.